The van der Waals surface area contributed by atoms with Crippen molar-refractivity contribution in [3.63, 3.8) is 0 Å². The smallest absolute Gasteiger partial charge is 0.225 e. The van der Waals surface area contributed by atoms with E-state index >= 15 is 0 Å². The Kier molecular flexibility index (Phi) is 4.27. The zero-order valence-corrected chi connectivity index (χ0v) is 14.3. The van der Waals surface area contributed by atoms with E-state index in [-0.39, 0.29) is 18.1 Å². The lowest BCUT2D eigenvalue weighted by atomic mass is 10.00. The van der Waals surface area contributed by atoms with E-state index in [1.807, 2.05) is 23.1 Å². The average Bonchev–Trinajstić information content (AvgIpc) is 3.23. The fourth-order valence-corrected chi connectivity index (χ4v) is 4.08. The maximum absolute atomic E-state index is 12.9. The first-order valence-corrected chi connectivity index (χ1v) is 9.06. The SMILES string of the molecule is Cn1c(C2CCCCN2C(=O)CC2CCCO2)nc2ccccc21. The topological polar surface area (TPSA) is 47.4 Å². The van der Waals surface area contributed by atoms with Gasteiger partial charge >= 0.3 is 0 Å². The molecule has 1 aromatic heterocycles. The number of amides is 1. The van der Waals surface area contributed by atoms with Gasteiger partial charge in [-0.1, -0.05) is 12.1 Å². The summed E-state index contributed by atoms with van der Waals surface area (Å²) in [6.07, 6.45) is 5.94. The lowest BCUT2D eigenvalue weighted by Crippen LogP contribution is -2.40. The fraction of sp³-hybridized carbons (Fsp3) is 0.579. The maximum Gasteiger partial charge on any atom is 0.225 e. The van der Waals surface area contributed by atoms with Crippen LogP contribution in [0.3, 0.4) is 0 Å². The molecule has 2 aliphatic heterocycles. The van der Waals surface area contributed by atoms with Gasteiger partial charge in [0.2, 0.25) is 5.91 Å². The van der Waals surface area contributed by atoms with E-state index in [0.29, 0.717) is 6.42 Å². The summed E-state index contributed by atoms with van der Waals surface area (Å²) in [7, 11) is 2.06. The molecule has 0 aliphatic carbocycles. The Balaban J connectivity index is 1.60. The van der Waals surface area contributed by atoms with Gasteiger partial charge < -0.3 is 14.2 Å². The predicted octanol–water partition coefficient (Wildman–Crippen LogP) is 3.20. The minimum atomic E-state index is 0.0880. The van der Waals surface area contributed by atoms with Crippen LogP contribution in [0.2, 0.25) is 0 Å². The van der Waals surface area contributed by atoms with Crippen molar-refractivity contribution < 1.29 is 9.53 Å². The van der Waals surface area contributed by atoms with Gasteiger partial charge in [0.25, 0.3) is 0 Å². The molecule has 3 heterocycles. The second-order valence-electron chi connectivity index (χ2n) is 6.96. The lowest BCUT2D eigenvalue weighted by Gasteiger charge is -2.35. The molecule has 1 amide bonds. The first-order valence-electron chi connectivity index (χ1n) is 9.06. The predicted molar refractivity (Wildman–Crippen MR) is 92.6 cm³/mol. The number of rotatable bonds is 3. The van der Waals surface area contributed by atoms with Crippen LogP contribution in [0.4, 0.5) is 0 Å². The number of likely N-dealkylation sites (tertiary alicyclic amines) is 1. The first-order chi connectivity index (χ1) is 11.7. The Morgan fingerprint density at radius 2 is 2.12 bits per heavy atom. The molecule has 128 valence electrons. The average molecular weight is 327 g/mol. The number of hydrogen-bond acceptors (Lipinski definition) is 3. The summed E-state index contributed by atoms with van der Waals surface area (Å²) in [5.74, 6) is 1.23. The zero-order valence-electron chi connectivity index (χ0n) is 14.3. The van der Waals surface area contributed by atoms with E-state index < -0.39 is 0 Å². The minimum absolute atomic E-state index is 0.0880. The Labute approximate surface area is 142 Å². The van der Waals surface area contributed by atoms with Gasteiger partial charge in [0.1, 0.15) is 5.82 Å². The number of fused-ring (bicyclic) bond motifs is 1. The van der Waals surface area contributed by atoms with Crippen molar-refractivity contribution in [2.24, 2.45) is 7.05 Å². The molecule has 24 heavy (non-hydrogen) atoms. The summed E-state index contributed by atoms with van der Waals surface area (Å²) < 4.78 is 7.81. The van der Waals surface area contributed by atoms with Crippen molar-refractivity contribution in [2.45, 2.75) is 50.7 Å². The van der Waals surface area contributed by atoms with Crippen LogP contribution in [0.1, 0.15) is 50.4 Å². The summed E-state index contributed by atoms with van der Waals surface area (Å²) in [5, 5.41) is 0. The minimum Gasteiger partial charge on any atom is -0.378 e. The van der Waals surface area contributed by atoms with Gasteiger partial charge in [-0.2, -0.15) is 0 Å². The zero-order chi connectivity index (χ0) is 16.5. The third-order valence-corrected chi connectivity index (χ3v) is 5.37. The molecule has 0 N–H and O–H groups in total. The summed E-state index contributed by atoms with van der Waals surface area (Å²) in [6, 6.07) is 8.27. The Hall–Kier alpha value is -1.88. The molecule has 5 heteroatoms. The van der Waals surface area contributed by atoms with Crippen LogP contribution < -0.4 is 0 Å². The third kappa shape index (κ3) is 2.81. The quantitative estimate of drug-likeness (QED) is 0.870. The van der Waals surface area contributed by atoms with Crippen molar-refractivity contribution in [3.8, 4) is 0 Å². The van der Waals surface area contributed by atoms with Gasteiger partial charge in [-0.3, -0.25) is 4.79 Å². The molecule has 0 bridgehead atoms. The molecule has 0 saturated carbocycles. The highest BCUT2D eigenvalue weighted by Crippen LogP contribution is 2.33. The molecule has 1 aromatic carbocycles. The van der Waals surface area contributed by atoms with E-state index in [1.165, 1.54) is 0 Å². The van der Waals surface area contributed by atoms with Gasteiger partial charge in [0.15, 0.2) is 0 Å². The third-order valence-electron chi connectivity index (χ3n) is 5.37. The standard InChI is InChI=1S/C19H25N3O2/c1-21-16-9-3-2-8-15(16)20-19(21)17-10-4-5-11-22(17)18(23)13-14-7-6-12-24-14/h2-3,8-9,14,17H,4-7,10-13H2,1H3. The molecule has 2 fully saturated rings. The first kappa shape index (κ1) is 15.6. The van der Waals surface area contributed by atoms with Crippen molar-refractivity contribution in [3.05, 3.63) is 30.1 Å². The molecule has 5 nitrogen and oxygen atoms in total. The van der Waals surface area contributed by atoms with Crippen LogP contribution in [-0.4, -0.2) is 39.6 Å². The van der Waals surface area contributed by atoms with Crippen molar-refractivity contribution in [2.75, 3.05) is 13.2 Å². The normalized spacial score (nSPS) is 24.6. The van der Waals surface area contributed by atoms with E-state index in [2.05, 4.69) is 17.7 Å². The summed E-state index contributed by atoms with van der Waals surface area (Å²) >= 11 is 0. The maximum atomic E-state index is 12.9. The van der Waals surface area contributed by atoms with Gasteiger partial charge in [-0.15, -0.1) is 0 Å². The number of piperidine rings is 1. The van der Waals surface area contributed by atoms with Crippen LogP contribution in [0.25, 0.3) is 11.0 Å². The largest absolute Gasteiger partial charge is 0.378 e. The number of imidazole rings is 1. The number of para-hydroxylation sites is 2. The van der Waals surface area contributed by atoms with Crippen LogP contribution in [-0.2, 0) is 16.6 Å². The second-order valence-corrected chi connectivity index (χ2v) is 6.96. The van der Waals surface area contributed by atoms with Crippen LogP contribution >= 0.6 is 0 Å². The second kappa shape index (κ2) is 6.55. The van der Waals surface area contributed by atoms with Crippen molar-refractivity contribution in [1.29, 1.82) is 0 Å². The van der Waals surface area contributed by atoms with Gasteiger partial charge in [-0.25, -0.2) is 4.98 Å². The molecule has 0 radical (unpaired) electrons. The highest BCUT2D eigenvalue weighted by atomic mass is 16.5. The summed E-state index contributed by atoms with van der Waals surface area (Å²) in [6.45, 7) is 1.63. The number of aromatic nitrogens is 2. The molecular weight excluding hydrogens is 302 g/mol. The highest BCUT2D eigenvalue weighted by Gasteiger charge is 2.32. The summed E-state index contributed by atoms with van der Waals surface area (Å²) in [4.78, 5) is 19.8. The van der Waals surface area contributed by atoms with Crippen LogP contribution in [0.5, 0.6) is 0 Å². The molecule has 2 atom stereocenters. The van der Waals surface area contributed by atoms with Gasteiger partial charge in [0.05, 0.1) is 29.6 Å². The van der Waals surface area contributed by atoms with Gasteiger partial charge in [-0.05, 0) is 44.2 Å². The van der Waals surface area contributed by atoms with Crippen LogP contribution in [0.15, 0.2) is 24.3 Å². The number of benzene rings is 1. The number of aryl methyl sites for hydroxylation is 1. The molecule has 2 saturated heterocycles. The number of hydrogen-bond donors (Lipinski definition) is 0. The number of carbonyl (C=O) groups excluding carboxylic acids is 1. The Bertz CT molecular complexity index is 733. The molecule has 0 spiro atoms. The molecular formula is C19H25N3O2. The molecule has 2 unspecified atom stereocenters. The van der Waals surface area contributed by atoms with E-state index in [9.17, 15) is 4.79 Å². The highest BCUT2D eigenvalue weighted by molar-refractivity contribution is 5.78. The Morgan fingerprint density at radius 1 is 1.25 bits per heavy atom. The molecule has 2 aromatic rings. The fourth-order valence-electron chi connectivity index (χ4n) is 4.08. The number of nitrogens with zero attached hydrogens (tertiary/aromatic N) is 3. The lowest BCUT2D eigenvalue weighted by molar-refractivity contribution is -0.137. The van der Waals surface area contributed by atoms with E-state index in [4.69, 9.17) is 9.72 Å². The molecule has 4 rings (SSSR count). The monoisotopic (exact) mass is 327 g/mol. The number of carbonyl (C=O) groups is 1. The van der Waals surface area contributed by atoms with E-state index in [1.54, 1.807) is 0 Å². The Morgan fingerprint density at radius 3 is 2.92 bits per heavy atom. The molecule has 2 aliphatic rings. The number of ether oxygens (including phenoxy) is 1. The summed E-state index contributed by atoms with van der Waals surface area (Å²) in [5.41, 5.74) is 2.14. The van der Waals surface area contributed by atoms with Crippen LogP contribution in [0, 0.1) is 0 Å². The van der Waals surface area contributed by atoms with Crippen molar-refractivity contribution >= 4 is 16.9 Å². The van der Waals surface area contributed by atoms with E-state index in [0.717, 1.165) is 62.1 Å². The van der Waals surface area contributed by atoms with Crippen molar-refractivity contribution in [1.82, 2.24) is 14.5 Å². The van der Waals surface area contributed by atoms with Gasteiger partial charge in [0, 0.05) is 20.2 Å².